The number of aromatic nitrogens is 1. The molecule has 4 rings (SSSR count). The number of benzene rings is 2. The summed E-state index contributed by atoms with van der Waals surface area (Å²) >= 11 is 1.73. The molecule has 0 saturated carbocycles. The number of amides is 2. The van der Waals surface area contributed by atoms with Crippen molar-refractivity contribution in [2.45, 2.75) is 30.8 Å². The number of rotatable bonds is 4. The van der Waals surface area contributed by atoms with Crippen LogP contribution in [0.1, 0.15) is 36.2 Å². The minimum atomic E-state index is -0.143. The zero-order chi connectivity index (χ0) is 19.5. The molecule has 1 aliphatic rings. The van der Waals surface area contributed by atoms with E-state index in [2.05, 4.69) is 83.9 Å². The molecule has 0 radical (unpaired) electrons. The molecule has 0 saturated heterocycles. The van der Waals surface area contributed by atoms with Crippen LogP contribution >= 0.6 is 11.8 Å². The summed E-state index contributed by atoms with van der Waals surface area (Å²) in [4.78, 5) is 16.3. The average Bonchev–Trinajstić information content (AvgIpc) is 3.16. The van der Waals surface area contributed by atoms with E-state index in [4.69, 9.17) is 0 Å². The topological polar surface area (TPSA) is 37.3 Å². The van der Waals surface area contributed by atoms with Crippen molar-refractivity contribution in [2.75, 3.05) is 12.8 Å². The van der Waals surface area contributed by atoms with Gasteiger partial charge in [-0.15, -0.1) is 11.8 Å². The Kier molecular flexibility index (Phi) is 5.44. The lowest BCUT2D eigenvalue weighted by Gasteiger charge is -2.31. The number of nitrogens with zero attached hydrogens (tertiary/aromatic N) is 2. The van der Waals surface area contributed by atoms with Crippen LogP contribution in [0, 0.1) is 0 Å². The van der Waals surface area contributed by atoms with Crippen molar-refractivity contribution < 1.29 is 4.79 Å². The third kappa shape index (κ3) is 3.42. The van der Waals surface area contributed by atoms with Gasteiger partial charge in [-0.05, 0) is 54.1 Å². The normalized spacial score (nSPS) is 15.5. The molecule has 0 fully saturated rings. The number of thioether (sulfide) groups is 1. The third-order valence-corrected chi connectivity index (χ3v) is 5.93. The lowest BCUT2D eigenvalue weighted by Crippen LogP contribution is -2.42. The quantitative estimate of drug-likeness (QED) is 0.619. The summed E-state index contributed by atoms with van der Waals surface area (Å²) in [5.41, 5.74) is 4.51. The monoisotopic (exact) mass is 391 g/mol. The fraction of sp³-hybridized carbons (Fsp3) is 0.261. The molecule has 4 nitrogen and oxygen atoms in total. The highest BCUT2D eigenvalue weighted by Gasteiger charge is 2.32. The first-order chi connectivity index (χ1) is 13.7. The van der Waals surface area contributed by atoms with E-state index in [9.17, 15) is 4.79 Å². The van der Waals surface area contributed by atoms with Crippen LogP contribution < -0.4 is 5.32 Å². The molecule has 2 heterocycles. The van der Waals surface area contributed by atoms with E-state index < -0.39 is 0 Å². The number of carbonyl (C=O) groups is 1. The number of fused-ring (bicyclic) bond motifs is 3. The van der Waals surface area contributed by atoms with Crippen LogP contribution in [0.4, 0.5) is 4.79 Å². The number of para-hydroxylation sites is 1. The predicted molar refractivity (Wildman–Crippen MR) is 115 cm³/mol. The number of hydrogen-bond donors (Lipinski definition) is 1. The molecule has 0 bridgehead atoms. The van der Waals surface area contributed by atoms with Gasteiger partial charge in [-0.1, -0.05) is 37.3 Å². The molecular formula is C23H25N3OS. The highest BCUT2D eigenvalue weighted by atomic mass is 32.2. The van der Waals surface area contributed by atoms with Gasteiger partial charge in [0.2, 0.25) is 0 Å². The van der Waals surface area contributed by atoms with Crippen molar-refractivity contribution in [3.63, 3.8) is 0 Å². The van der Waals surface area contributed by atoms with Gasteiger partial charge < -0.3 is 14.8 Å². The molecule has 3 aromatic rings. The predicted octanol–water partition coefficient (Wildman–Crippen LogP) is 5.22. The van der Waals surface area contributed by atoms with Gasteiger partial charge in [-0.2, -0.15) is 0 Å². The van der Waals surface area contributed by atoms with E-state index in [1.54, 1.807) is 11.8 Å². The molecule has 5 heteroatoms. The summed E-state index contributed by atoms with van der Waals surface area (Å²) < 4.78 is 2.22. The first-order valence-corrected chi connectivity index (χ1v) is 10.9. The second-order valence-electron chi connectivity index (χ2n) is 6.97. The second kappa shape index (κ2) is 8.15. The Morgan fingerprint density at radius 2 is 1.89 bits per heavy atom. The minimum absolute atomic E-state index is 0.0229. The zero-order valence-corrected chi connectivity index (χ0v) is 17.1. The van der Waals surface area contributed by atoms with E-state index in [1.807, 2.05) is 11.0 Å². The lowest BCUT2D eigenvalue weighted by atomic mass is 10.0. The Morgan fingerprint density at radius 3 is 2.64 bits per heavy atom. The molecule has 1 aromatic heterocycles. The highest BCUT2D eigenvalue weighted by Crippen LogP contribution is 2.37. The van der Waals surface area contributed by atoms with E-state index >= 15 is 0 Å². The van der Waals surface area contributed by atoms with Crippen LogP contribution in [0.25, 0.3) is 5.69 Å². The SMILES string of the molecule is CCCNC(=O)N1Cc2ccccc2-n2cccc2[C@H]1c1ccc(SC)cc1. The van der Waals surface area contributed by atoms with Gasteiger partial charge in [0.05, 0.1) is 18.3 Å². The molecule has 1 aliphatic heterocycles. The van der Waals surface area contributed by atoms with Crippen LogP contribution in [0.5, 0.6) is 0 Å². The van der Waals surface area contributed by atoms with Crippen molar-refractivity contribution in [3.8, 4) is 5.69 Å². The molecule has 2 aromatic carbocycles. The van der Waals surface area contributed by atoms with Gasteiger partial charge in [0, 0.05) is 23.3 Å². The van der Waals surface area contributed by atoms with Crippen molar-refractivity contribution in [2.24, 2.45) is 0 Å². The van der Waals surface area contributed by atoms with Crippen LogP contribution in [0.2, 0.25) is 0 Å². The van der Waals surface area contributed by atoms with Gasteiger partial charge in [0.1, 0.15) is 0 Å². The van der Waals surface area contributed by atoms with Gasteiger partial charge in [0.25, 0.3) is 0 Å². The van der Waals surface area contributed by atoms with Gasteiger partial charge in [-0.3, -0.25) is 0 Å². The first-order valence-electron chi connectivity index (χ1n) is 9.67. The van der Waals surface area contributed by atoms with Crippen LogP contribution in [-0.4, -0.2) is 28.3 Å². The fourth-order valence-electron chi connectivity index (χ4n) is 3.81. The van der Waals surface area contributed by atoms with E-state index in [-0.39, 0.29) is 12.1 Å². The number of carbonyl (C=O) groups excluding carboxylic acids is 1. The maximum atomic E-state index is 13.2. The molecule has 0 aliphatic carbocycles. The Hall–Kier alpha value is -2.66. The van der Waals surface area contributed by atoms with E-state index in [0.717, 1.165) is 28.9 Å². The molecule has 28 heavy (non-hydrogen) atoms. The minimum Gasteiger partial charge on any atom is -0.338 e. The number of hydrogen-bond acceptors (Lipinski definition) is 2. The van der Waals surface area contributed by atoms with Gasteiger partial charge in [0.15, 0.2) is 0 Å². The van der Waals surface area contributed by atoms with E-state index in [1.165, 1.54) is 4.90 Å². The Bertz CT molecular complexity index is 964. The molecule has 144 valence electrons. The van der Waals surface area contributed by atoms with Crippen LogP contribution in [0.3, 0.4) is 0 Å². The third-order valence-electron chi connectivity index (χ3n) is 5.18. The van der Waals surface area contributed by atoms with E-state index in [0.29, 0.717) is 13.1 Å². The van der Waals surface area contributed by atoms with Crippen molar-refractivity contribution in [1.82, 2.24) is 14.8 Å². The van der Waals surface area contributed by atoms with Crippen molar-refractivity contribution in [3.05, 3.63) is 83.7 Å². The van der Waals surface area contributed by atoms with Crippen molar-refractivity contribution >= 4 is 17.8 Å². The Balaban J connectivity index is 1.85. The Morgan fingerprint density at radius 1 is 1.11 bits per heavy atom. The molecular weight excluding hydrogens is 366 g/mol. The lowest BCUT2D eigenvalue weighted by molar-refractivity contribution is 0.180. The second-order valence-corrected chi connectivity index (χ2v) is 7.85. The van der Waals surface area contributed by atoms with Crippen LogP contribution in [0.15, 0.2) is 71.8 Å². The zero-order valence-electron chi connectivity index (χ0n) is 16.3. The number of nitrogens with one attached hydrogen (secondary N) is 1. The largest absolute Gasteiger partial charge is 0.338 e. The molecule has 2 amide bonds. The summed E-state index contributed by atoms with van der Waals surface area (Å²) in [5, 5.41) is 3.08. The average molecular weight is 392 g/mol. The van der Waals surface area contributed by atoms with Gasteiger partial charge >= 0.3 is 6.03 Å². The maximum Gasteiger partial charge on any atom is 0.318 e. The standard InChI is InChI=1S/C23H25N3OS/c1-3-14-24-23(27)26-16-18-7-4-5-8-20(18)25-15-6-9-21(25)22(26)17-10-12-19(28-2)13-11-17/h4-13,15,22H,3,14,16H2,1-2H3,(H,24,27)/t22-/m1/s1. The molecule has 1 N–H and O–H groups in total. The highest BCUT2D eigenvalue weighted by molar-refractivity contribution is 7.98. The van der Waals surface area contributed by atoms with Crippen molar-refractivity contribution in [1.29, 1.82) is 0 Å². The molecule has 0 spiro atoms. The molecule has 0 unspecified atom stereocenters. The summed E-state index contributed by atoms with van der Waals surface area (Å²) in [7, 11) is 0. The summed E-state index contributed by atoms with van der Waals surface area (Å²) in [6, 6.07) is 20.9. The number of urea groups is 1. The maximum absolute atomic E-state index is 13.2. The van der Waals surface area contributed by atoms with Gasteiger partial charge in [-0.25, -0.2) is 4.79 Å². The first kappa shape index (κ1) is 18.7. The summed E-state index contributed by atoms with van der Waals surface area (Å²) in [5.74, 6) is 0. The molecule has 1 atom stereocenters. The smallest absolute Gasteiger partial charge is 0.318 e. The fourth-order valence-corrected chi connectivity index (χ4v) is 4.22. The van der Waals surface area contributed by atoms with Crippen LogP contribution in [-0.2, 0) is 6.54 Å². The summed E-state index contributed by atoms with van der Waals surface area (Å²) in [6.07, 6.45) is 5.08. The Labute approximate surface area is 170 Å². The summed E-state index contributed by atoms with van der Waals surface area (Å²) in [6.45, 7) is 3.32.